The van der Waals surface area contributed by atoms with E-state index < -0.39 is 4.92 Å². The van der Waals surface area contributed by atoms with Crippen LogP contribution in [-0.2, 0) is 0 Å². The molecule has 1 aromatic heterocycles. The number of nitro benzene ring substituents is 1. The number of nitrogens with one attached hydrogen (secondary N) is 2. The normalized spacial score (nSPS) is 13.5. The molecule has 0 radical (unpaired) electrons. The highest BCUT2D eigenvalue weighted by Crippen LogP contribution is 2.21. The van der Waals surface area contributed by atoms with Crippen LogP contribution in [-0.4, -0.2) is 39.2 Å². The molecule has 2 aromatic carbocycles. The van der Waals surface area contributed by atoms with Gasteiger partial charge in [-0.25, -0.2) is 5.43 Å². The average molecular weight is 404 g/mol. The minimum Gasteiger partial charge on any atom is -0.341 e. The molecular weight excluding hydrogens is 384 g/mol. The van der Waals surface area contributed by atoms with Crippen molar-refractivity contribution < 1.29 is 4.92 Å². The van der Waals surface area contributed by atoms with Crippen molar-refractivity contribution in [3.63, 3.8) is 0 Å². The lowest BCUT2D eigenvalue weighted by atomic mass is 10.2. The van der Waals surface area contributed by atoms with E-state index in [1.165, 1.54) is 12.3 Å². The van der Waals surface area contributed by atoms with Gasteiger partial charge in [0.15, 0.2) is 0 Å². The number of nitro groups is 1. The van der Waals surface area contributed by atoms with Gasteiger partial charge in [0.05, 0.1) is 16.7 Å². The number of rotatable bonds is 7. The van der Waals surface area contributed by atoms with Crippen LogP contribution in [0.15, 0.2) is 59.7 Å². The zero-order chi connectivity index (χ0) is 20.8. The number of hydrogen-bond acceptors (Lipinski definition) is 9. The molecule has 0 aliphatic carbocycles. The Morgan fingerprint density at radius 3 is 2.43 bits per heavy atom. The SMILES string of the molecule is O=[N+]([O-])c1ccccc1/C=N\Nc1nc(Nc2ccccc2)nc(N2CCCC2)n1. The van der Waals surface area contributed by atoms with E-state index in [1.54, 1.807) is 18.2 Å². The molecule has 0 bridgehead atoms. The second-order valence-electron chi connectivity index (χ2n) is 6.65. The first-order valence-electron chi connectivity index (χ1n) is 9.54. The summed E-state index contributed by atoms with van der Waals surface area (Å²) < 4.78 is 0. The second kappa shape index (κ2) is 8.95. The van der Waals surface area contributed by atoms with Crippen molar-refractivity contribution in [2.45, 2.75) is 12.8 Å². The highest BCUT2D eigenvalue weighted by Gasteiger charge is 2.17. The predicted octanol–water partition coefficient (Wildman–Crippen LogP) is 3.57. The van der Waals surface area contributed by atoms with E-state index in [0.717, 1.165) is 31.6 Å². The lowest BCUT2D eigenvalue weighted by Gasteiger charge is -2.16. The molecule has 2 N–H and O–H groups in total. The molecular formula is C20H20N8O2. The van der Waals surface area contributed by atoms with Gasteiger partial charge in [-0.05, 0) is 31.0 Å². The fraction of sp³-hybridized carbons (Fsp3) is 0.200. The minimum atomic E-state index is -0.447. The molecule has 4 rings (SSSR count). The largest absolute Gasteiger partial charge is 0.341 e. The van der Waals surface area contributed by atoms with Gasteiger partial charge < -0.3 is 10.2 Å². The molecule has 1 aliphatic heterocycles. The summed E-state index contributed by atoms with van der Waals surface area (Å²) in [4.78, 5) is 26.1. The van der Waals surface area contributed by atoms with Gasteiger partial charge in [0.1, 0.15) is 0 Å². The average Bonchev–Trinajstić information content (AvgIpc) is 3.30. The topological polar surface area (TPSA) is 121 Å². The molecule has 0 atom stereocenters. The van der Waals surface area contributed by atoms with E-state index in [2.05, 4.69) is 35.7 Å². The molecule has 1 fully saturated rings. The van der Waals surface area contributed by atoms with Crippen LogP contribution >= 0.6 is 0 Å². The summed E-state index contributed by atoms with van der Waals surface area (Å²) in [6.07, 6.45) is 3.55. The lowest BCUT2D eigenvalue weighted by molar-refractivity contribution is -0.385. The van der Waals surface area contributed by atoms with Crippen LogP contribution in [0.3, 0.4) is 0 Å². The van der Waals surface area contributed by atoms with E-state index in [4.69, 9.17) is 0 Å². The molecule has 152 valence electrons. The Balaban J connectivity index is 1.58. The summed E-state index contributed by atoms with van der Waals surface area (Å²) in [6.45, 7) is 1.77. The van der Waals surface area contributed by atoms with Gasteiger partial charge in [-0.3, -0.25) is 10.1 Å². The van der Waals surface area contributed by atoms with Crippen LogP contribution in [0.4, 0.5) is 29.2 Å². The first-order chi connectivity index (χ1) is 14.7. The zero-order valence-corrected chi connectivity index (χ0v) is 16.1. The van der Waals surface area contributed by atoms with Crippen LogP contribution in [0.1, 0.15) is 18.4 Å². The number of hydrogen-bond donors (Lipinski definition) is 2. The molecule has 30 heavy (non-hydrogen) atoms. The van der Waals surface area contributed by atoms with Crippen LogP contribution in [0.2, 0.25) is 0 Å². The number of benzene rings is 2. The zero-order valence-electron chi connectivity index (χ0n) is 16.1. The molecule has 0 saturated carbocycles. The number of para-hydroxylation sites is 2. The maximum Gasteiger partial charge on any atom is 0.278 e. The maximum absolute atomic E-state index is 11.1. The minimum absolute atomic E-state index is 0.0251. The predicted molar refractivity (Wildman–Crippen MR) is 115 cm³/mol. The fourth-order valence-corrected chi connectivity index (χ4v) is 3.10. The monoisotopic (exact) mass is 404 g/mol. The standard InChI is InChI=1S/C20H20N8O2/c29-28(30)17-11-5-4-8-15(17)14-21-26-19-23-18(22-16-9-2-1-3-10-16)24-20(25-19)27-12-6-7-13-27/h1-5,8-11,14H,6-7,12-13H2,(H2,22,23,24,25,26)/b21-14-. The summed E-state index contributed by atoms with van der Waals surface area (Å²) >= 11 is 0. The van der Waals surface area contributed by atoms with Crippen molar-refractivity contribution in [3.8, 4) is 0 Å². The Bertz CT molecular complexity index is 1050. The van der Waals surface area contributed by atoms with E-state index in [9.17, 15) is 10.1 Å². The first-order valence-corrected chi connectivity index (χ1v) is 9.54. The highest BCUT2D eigenvalue weighted by molar-refractivity contribution is 5.85. The first kappa shape index (κ1) is 19.2. The molecule has 3 aromatic rings. The van der Waals surface area contributed by atoms with Crippen LogP contribution in [0, 0.1) is 10.1 Å². The van der Waals surface area contributed by atoms with Crippen LogP contribution < -0.4 is 15.6 Å². The third kappa shape index (κ3) is 4.66. The third-order valence-electron chi connectivity index (χ3n) is 4.54. The van der Waals surface area contributed by atoms with E-state index in [1.807, 2.05) is 30.3 Å². The quantitative estimate of drug-likeness (QED) is 0.348. The smallest absolute Gasteiger partial charge is 0.278 e. The van der Waals surface area contributed by atoms with Crippen molar-refractivity contribution in [2.75, 3.05) is 28.7 Å². The third-order valence-corrected chi connectivity index (χ3v) is 4.54. The van der Waals surface area contributed by atoms with E-state index in [0.29, 0.717) is 17.5 Å². The van der Waals surface area contributed by atoms with Gasteiger partial charge in [-0.15, -0.1) is 0 Å². The van der Waals surface area contributed by atoms with Gasteiger partial charge in [-0.1, -0.05) is 30.3 Å². The van der Waals surface area contributed by atoms with Crippen molar-refractivity contribution in [2.24, 2.45) is 5.10 Å². The molecule has 1 saturated heterocycles. The number of aromatic nitrogens is 3. The summed E-state index contributed by atoms with van der Waals surface area (Å²) in [5.41, 5.74) is 3.98. The summed E-state index contributed by atoms with van der Waals surface area (Å²) in [6, 6.07) is 16.0. The maximum atomic E-state index is 11.1. The Kier molecular flexibility index (Phi) is 5.74. The highest BCUT2D eigenvalue weighted by atomic mass is 16.6. The van der Waals surface area contributed by atoms with Gasteiger partial charge >= 0.3 is 0 Å². The Labute approximate surface area is 172 Å². The number of nitrogens with zero attached hydrogens (tertiary/aromatic N) is 6. The molecule has 0 unspecified atom stereocenters. The fourth-order valence-electron chi connectivity index (χ4n) is 3.10. The molecule has 0 spiro atoms. The number of anilines is 4. The van der Waals surface area contributed by atoms with E-state index >= 15 is 0 Å². The van der Waals surface area contributed by atoms with Crippen molar-refractivity contribution in [1.82, 2.24) is 15.0 Å². The van der Waals surface area contributed by atoms with Crippen molar-refractivity contribution in [3.05, 3.63) is 70.3 Å². The van der Waals surface area contributed by atoms with Gasteiger partial charge in [0.25, 0.3) is 5.69 Å². The molecule has 10 nitrogen and oxygen atoms in total. The van der Waals surface area contributed by atoms with Gasteiger partial charge in [0.2, 0.25) is 17.8 Å². The van der Waals surface area contributed by atoms with E-state index in [-0.39, 0.29) is 11.6 Å². The van der Waals surface area contributed by atoms with Crippen LogP contribution in [0.5, 0.6) is 0 Å². The Morgan fingerprint density at radius 2 is 1.67 bits per heavy atom. The number of hydrazone groups is 1. The van der Waals surface area contributed by atoms with Gasteiger partial charge in [-0.2, -0.15) is 20.1 Å². The summed E-state index contributed by atoms with van der Waals surface area (Å²) in [5.74, 6) is 1.20. The summed E-state index contributed by atoms with van der Waals surface area (Å²) in [5, 5.41) is 18.4. The Morgan fingerprint density at radius 1 is 0.967 bits per heavy atom. The van der Waals surface area contributed by atoms with Gasteiger partial charge in [0, 0.05) is 24.8 Å². The van der Waals surface area contributed by atoms with Crippen LogP contribution in [0.25, 0.3) is 0 Å². The molecule has 10 heteroatoms. The molecule has 2 heterocycles. The van der Waals surface area contributed by atoms with Crippen molar-refractivity contribution in [1.29, 1.82) is 0 Å². The Hall–Kier alpha value is -4.08. The lowest BCUT2D eigenvalue weighted by Crippen LogP contribution is -2.21. The summed E-state index contributed by atoms with van der Waals surface area (Å²) in [7, 11) is 0. The molecule has 0 amide bonds. The molecule has 1 aliphatic rings. The van der Waals surface area contributed by atoms with Crippen molar-refractivity contribution >= 4 is 35.4 Å². The second-order valence-corrected chi connectivity index (χ2v) is 6.65.